The highest BCUT2D eigenvalue weighted by Gasteiger charge is 2.20. The first-order chi connectivity index (χ1) is 14.2. The van der Waals surface area contributed by atoms with Gasteiger partial charge in [-0.15, -0.1) is 0 Å². The maximum absolute atomic E-state index is 12.4. The summed E-state index contributed by atoms with van der Waals surface area (Å²) in [7, 11) is 0. The largest absolute Gasteiger partial charge is 0.353 e. The van der Waals surface area contributed by atoms with Gasteiger partial charge in [-0.2, -0.15) is 0 Å². The zero-order chi connectivity index (χ0) is 19.8. The van der Waals surface area contributed by atoms with Gasteiger partial charge >= 0.3 is 0 Å². The lowest BCUT2D eigenvalue weighted by atomic mass is 10.3. The average Bonchev–Trinajstić information content (AvgIpc) is 3.20. The first kappa shape index (κ1) is 17.4. The molecule has 8 nitrogen and oxygen atoms in total. The summed E-state index contributed by atoms with van der Waals surface area (Å²) in [5, 5.41) is 0. The van der Waals surface area contributed by atoms with E-state index in [-0.39, 0.29) is 5.56 Å². The molecule has 0 unspecified atom stereocenters. The molecule has 0 N–H and O–H groups in total. The van der Waals surface area contributed by atoms with Crippen LogP contribution in [0.2, 0.25) is 0 Å². The number of hydrogen-bond donors (Lipinski definition) is 0. The second-order valence-corrected chi connectivity index (χ2v) is 7.05. The number of nitrogens with zero attached hydrogens (tertiary/aromatic N) is 7. The van der Waals surface area contributed by atoms with Crippen molar-refractivity contribution in [1.82, 2.24) is 23.9 Å². The number of rotatable bonds is 3. The van der Waals surface area contributed by atoms with E-state index in [1.165, 1.54) is 0 Å². The van der Waals surface area contributed by atoms with E-state index < -0.39 is 0 Å². The summed E-state index contributed by atoms with van der Waals surface area (Å²) < 4.78 is 3.54. The highest BCUT2D eigenvalue weighted by Crippen LogP contribution is 2.19. The van der Waals surface area contributed by atoms with Gasteiger partial charge in [-0.25, -0.2) is 15.0 Å². The van der Waals surface area contributed by atoms with E-state index in [1.54, 1.807) is 22.9 Å². The Hall–Kier alpha value is -3.68. The molecular formula is C21H21N7O. The van der Waals surface area contributed by atoms with Crippen LogP contribution in [-0.4, -0.2) is 50.1 Å². The number of pyridine rings is 2. The first-order valence-corrected chi connectivity index (χ1v) is 9.65. The fourth-order valence-corrected chi connectivity index (χ4v) is 3.71. The Kier molecular flexibility index (Phi) is 4.23. The number of piperazine rings is 1. The molecule has 1 saturated heterocycles. The minimum absolute atomic E-state index is 0.0573. The van der Waals surface area contributed by atoms with Crippen molar-refractivity contribution in [2.24, 2.45) is 0 Å². The molecule has 4 aromatic rings. The van der Waals surface area contributed by atoms with Crippen molar-refractivity contribution in [1.29, 1.82) is 0 Å². The fourth-order valence-electron chi connectivity index (χ4n) is 3.71. The van der Waals surface area contributed by atoms with Crippen LogP contribution in [-0.2, 0) is 0 Å². The van der Waals surface area contributed by atoms with Crippen molar-refractivity contribution in [3.05, 3.63) is 77.2 Å². The van der Waals surface area contributed by atoms with Crippen molar-refractivity contribution >= 4 is 17.3 Å². The maximum Gasteiger partial charge on any atom is 0.259 e. The summed E-state index contributed by atoms with van der Waals surface area (Å²) in [6, 6.07) is 13.2. The molecule has 0 saturated carbocycles. The van der Waals surface area contributed by atoms with Crippen molar-refractivity contribution in [2.75, 3.05) is 36.0 Å². The van der Waals surface area contributed by atoms with E-state index in [2.05, 4.69) is 19.8 Å². The molecule has 0 radical (unpaired) electrons. The molecule has 1 fully saturated rings. The molecule has 5 heterocycles. The molecule has 4 aromatic heterocycles. The molecule has 0 amide bonds. The predicted octanol–water partition coefficient (Wildman–Crippen LogP) is 1.91. The minimum Gasteiger partial charge on any atom is -0.353 e. The molecule has 0 aliphatic carbocycles. The van der Waals surface area contributed by atoms with Crippen LogP contribution in [0.15, 0.2) is 65.8 Å². The van der Waals surface area contributed by atoms with Crippen LogP contribution < -0.4 is 15.4 Å². The second-order valence-electron chi connectivity index (χ2n) is 7.05. The molecule has 1 aliphatic heterocycles. The number of aryl methyl sites for hydroxylation is 1. The highest BCUT2D eigenvalue weighted by molar-refractivity contribution is 5.50. The van der Waals surface area contributed by atoms with E-state index in [0.717, 1.165) is 49.5 Å². The zero-order valence-corrected chi connectivity index (χ0v) is 16.1. The Morgan fingerprint density at radius 1 is 0.828 bits per heavy atom. The monoisotopic (exact) mass is 387 g/mol. The van der Waals surface area contributed by atoms with Crippen LogP contribution in [0, 0.1) is 6.92 Å². The van der Waals surface area contributed by atoms with E-state index in [1.807, 2.05) is 54.1 Å². The van der Waals surface area contributed by atoms with Gasteiger partial charge in [0.05, 0.1) is 0 Å². The van der Waals surface area contributed by atoms with E-state index in [9.17, 15) is 4.79 Å². The molecule has 0 spiro atoms. The SMILES string of the molecule is Cc1nccn1-c1cccc(N2CCN(c3cc(=O)n4ccccc4n3)CC2)n1. The third-order valence-electron chi connectivity index (χ3n) is 5.28. The standard InChI is InChI=1S/C21H21N7O/c1-16-22-8-10-27(16)18-7-4-6-17(23-18)25-11-13-26(14-12-25)20-15-21(29)28-9-3-2-5-19(28)24-20/h2-10,15H,11-14H2,1H3. The van der Waals surface area contributed by atoms with Gasteiger partial charge in [0.15, 0.2) is 0 Å². The smallest absolute Gasteiger partial charge is 0.259 e. The first-order valence-electron chi connectivity index (χ1n) is 9.65. The Morgan fingerprint density at radius 2 is 1.59 bits per heavy atom. The van der Waals surface area contributed by atoms with Crippen LogP contribution in [0.5, 0.6) is 0 Å². The third kappa shape index (κ3) is 3.22. The predicted molar refractivity (Wildman–Crippen MR) is 112 cm³/mol. The molecule has 0 bridgehead atoms. The number of anilines is 2. The second kappa shape index (κ2) is 7.05. The molecule has 0 atom stereocenters. The number of aromatic nitrogens is 5. The molecule has 146 valence electrons. The van der Waals surface area contributed by atoms with Gasteiger partial charge in [0.2, 0.25) is 0 Å². The van der Waals surface area contributed by atoms with Crippen LogP contribution in [0.3, 0.4) is 0 Å². The van der Waals surface area contributed by atoms with Gasteiger partial charge in [-0.3, -0.25) is 13.8 Å². The van der Waals surface area contributed by atoms with E-state index in [0.29, 0.717) is 5.65 Å². The number of fused-ring (bicyclic) bond motifs is 1. The molecule has 29 heavy (non-hydrogen) atoms. The van der Waals surface area contributed by atoms with Gasteiger partial charge in [0.25, 0.3) is 5.56 Å². The number of hydrogen-bond acceptors (Lipinski definition) is 6. The molecule has 8 heteroatoms. The van der Waals surface area contributed by atoms with Crippen LogP contribution in [0.25, 0.3) is 11.5 Å². The summed E-state index contributed by atoms with van der Waals surface area (Å²) in [5.41, 5.74) is 0.612. The third-order valence-corrected chi connectivity index (χ3v) is 5.28. The van der Waals surface area contributed by atoms with Crippen LogP contribution in [0.1, 0.15) is 5.82 Å². The molecule has 0 aromatic carbocycles. The van der Waals surface area contributed by atoms with Crippen molar-refractivity contribution < 1.29 is 0 Å². The number of imidazole rings is 1. The minimum atomic E-state index is -0.0573. The average molecular weight is 387 g/mol. The molecule has 1 aliphatic rings. The molecular weight excluding hydrogens is 366 g/mol. The maximum atomic E-state index is 12.4. The van der Waals surface area contributed by atoms with Crippen molar-refractivity contribution in [3.63, 3.8) is 0 Å². The Labute approximate surface area is 167 Å². The Balaban J connectivity index is 1.35. The summed E-state index contributed by atoms with van der Waals surface area (Å²) >= 11 is 0. The fraction of sp³-hybridized carbons (Fsp3) is 0.238. The lowest BCUT2D eigenvalue weighted by Crippen LogP contribution is -2.47. The Morgan fingerprint density at radius 3 is 2.34 bits per heavy atom. The summed E-state index contributed by atoms with van der Waals surface area (Å²) in [5.74, 6) is 3.45. The van der Waals surface area contributed by atoms with Crippen LogP contribution in [0.4, 0.5) is 11.6 Å². The lowest BCUT2D eigenvalue weighted by Gasteiger charge is -2.36. The quantitative estimate of drug-likeness (QED) is 0.535. The normalized spacial score (nSPS) is 14.5. The summed E-state index contributed by atoms with van der Waals surface area (Å²) in [6.45, 7) is 5.16. The summed E-state index contributed by atoms with van der Waals surface area (Å²) in [6.07, 6.45) is 5.44. The van der Waals surface area contributed by atoms with Gasteiger partial charge in [0.1, 0.15) is 28.9 Å². The van der Waals surface area contributed by atoms with Gasteiger partial charge in [-0.1, -0.05) is 12.1 Å². The van der Waals surface area contributed by atoms with Crippen LogP contribution >= 0.6 is 0 Å². The Bertz CT molecular complexity index is 1220. The lowest BCUT2D eigenvalue weighted by molar-refractivity contribution is 0.640. The van der Waals surface area contributed by atoms with E-state index in [4.69, 9.17) is 4.98 Å². The topological polar surface area (TPSA) is 71.6 Å². The van der Waals surface area contributed by atoms with E-state index >= 15 is 0 Å². The van der Waals surface area contributed by atoms with Gasteiger partial charge in [-0.05, 0) is 31.2 Å². The van der Waals surface area contributed by atoms with Crippen molar-refractivity contribution in [2.45, 2.75) is 6.92 Å². The zero-order valence-electron chi connectivity index (χ0n) is 16.1. The van der Waals surface area contributed by atoms with Crippen molar-refractivity contribution in [3.8, 4) is 5.82 Å². The van der Waals surface area contributed by atoms with Gasteiger partial charge < -0.3 is 9.80 Å². The highest BCUT2D eigenvalue weighted by atomic mass is 16.1. The summed E-state index contributed by atoms with van der Waals surface area (Å²) in [4.78, 5) is 30.5. The van der Waals surface area contributed by atoms with Gasteiger partial charge in [0, 0.05) is 50.8 Å². The molecule has 5 rings (SSSR count).